The number of hydrogen-bond donors (Lipinski definition) is 1. The Morgan fingerprint density at radius 3 is 2.30 bits per heavy atom. The van der Waals surface area contributed by atoms with Gasteiger partial charge in [-0.05, 0) is 29.8 Å². The molecule has 0 spiro atoms. The zero-order valence-electron chi connectivity index (χ0n) is 15.6. The molecule has 0 aliphatic carbocycles. The smallest absolute Gasteiger partial charge is 0.224 e. The van der Waals surface area contributed by atoms with Crippen LogP contribution in [-0.2, 0) is 16.0 Å². The molecule has 1 N–H and O–H groups in total. The minimum atomic E-state index is -0.342. The first-order valence-electron chi connectivity index (χ1n) is 8.46. The molecule has 0 radical (unpaired) electrons. The van der Waals surface area contributed by atoms with Gasteiger partial charge in [-0.1, -0.05) is 12.1 Å². The van der Waals surface area contributed by atoms with Crippen LogP contribution in [0.1, 0.15) is 12.5 Å². The number of amides is 2. The summed E-state index contributed by atoms with van der Waals surface area (Å²) < 4.78 is 23.4. The van der Waals surface area contributed by atoms with Crippen molar-refractivity contribution in [2.45, 2.75) is 13.3 Å². The van der Waals surface area contributed by atoms with Crippen molar-refractivity contribution in [2.24, 2.45) is 0 Å². The van der Waals surface area contributed by atoms with Crippen molar-refractivity contribution in [3.8, 4) is 11.5 Å². The third-order valence-electron chi connectivity index (χ3n) is 3.99. The van der Waals surface area contributed by atoms with Gasteiger partial charge in [-0.2, -0.15) is 0 Å². The third-order valence-corrected chi connectivity index (χ3v) is 3.99. The number of halogens is 1. The van der Waals surface area contributed by atoms with Crippen LogP contribution in [0.5, 0.6) is 11.5 Å². The van der Waals surface area contributed by atoms with Gasteiger partial charge >= 0.3 is 0 Å². The highest BCUT2D eigenvalue weighted by Gasteiger charge is 2.15. The number of carbonyl (C=O) groups is 2. The second-order valence-electron chi connectivity index (χ2n) is 5.86. The number of nitrogens with one attached hydrogen (secondary N) is 1. The van der Waals surface area contributed by atoms with Crippen molar-refractivity contribution in [1.29, 1.82) is 0 Å². The van der Waals surface area contributed by atoms with Gasteiger partial charge in [0.15, 0.2) is 11.5 Å². The van der Waals surface area contributed by atoms with Crippen molar-refractivity contribution >= 4 is 17.5 Å². The topological polar surface area (TPSA) is 67.9 Å². The summed E-state index contributed by atoms with van der Waals surface area (Å²) in [5, 5.41) is 2.77. The molecular weight excluding hydrogens is 351 g/mol. The highest BCUT2D eigenvalue weighted by atomic mass is 19.1. The molecule has 0 saturated carbocycles. The fourth-order valence-corrected chi connectivity index (χ4v) is 2.62. The van der Waals surface area contributed by atoms with Gasteiger partial charge in [0.05, 0.1) is 20.6 Å². The van der Waals surface area contributed by atoms with Gasteiger partial charge < -0.3 is 19.7 Å². The summed E-state index contributed by atoms with van der Waals surface area (Å²) in [6.45, 7) is 2.05. The van der Waals surface area contributed by atoms with Crippen LogP contribution in [0.15, 0.2) is 42.5 Å². The van der Waals surface area contributed by atoms with Crippen LogP contribution < -0.4 is 19.7 Å². The fraction of sp³-hybridized carbons (Fsp3) is 0.300. The quantitative estimate of drug-likeness (QED) is 0.771. The first-order chi connectivity index (χ1) is 12.9. The molecule has 0 atom stereocenters. The lowest BCUT2D eigenvalue weighted by Crippen LogP contribution is -2.38. The van der Waals surface area contributed by atoms with Crippen LogP contribution in [0.4, 0.5) is 10.1 Å². The molecule has 7 heteroatoms. The molecule has 27 heavy (non-hydrogen) atoms. The van der Waals surface area contributed by atoms with E-state index >= 15 is 0 Å². The predicted molar refractivity (Wildman–Crippen MR) is 101 cm³/mol. The normalized spacial score (nSPS) is 10.2. The van der Waals surface area contributed by atoms with E-state index in [0.717, 1.165) is 5.56 Å². The van der Waals surface area contributed by atoms with Gasteiger partial charge in [-0.15, -0.1) is 0 Å². The number of hydrogen-bond acceptors (Lipinski definition) is 4. The Kier molecular flexibility index (Phi) is 7.16. The number of ether oxygens (including phenoxy) is 2. The number of carbonyl (C=O) groups excluding carboxylic acids is 2. The van der Waals surface area contributed by atoms with Crippen LogP contribution in [0, 0.1) is 5.82 Å². The Morgan fingerprint density at radius 1 is 1.04 bits per heavy atom. The van der Waals surface area contributed by atoms with Crippen molar-refractivity contribution in [1.82, 2.24) is 5.32 Å². The van der Waals surface area contributed by atoms with Crippen LogP contribution in [-0.4, -0.2) is 39.1 Å². The minimum absolute atomic E-state index is 0.150. The van der Waals surface area contributed by atoms with E-state index in [4.69, 9.17) is 9.47 Å². The van der Waals surface area contributed by atoms with Crippen LogP contribution in [0.25, 0.3) is 0 Å². The lowest BCUT2D eigenvalue weighted by Gasteiger charge is -2.22. The van der Waals surface area contributed by atoms with E-state index in [1.54, 1.807) is 35.2 Å². The van der Waals surface area contributed by atoms with Gasteiger partial charge in [-0.25, -0.2) is 4.39 Å². The van der Waals surface area contributed by atoms with E-state index in [-0.39, 0.29) is 30.6 Å². The summed E-state index contributed by atoms with van der Waals surface area (Å²) in [7, 11) is 3.06. The van der Waals surface area contributed by atoms with E-state index in [9.17, 15) is 14.0 Å². The minimum Gasteiger partial charge on any atom is -0.493 e. The molecule has 0 aromatic heterocycles. The average molecular weight is 374 g/mol. The average Bonchev–Trinajstić information content (AvgIpc) is 2.66. The van der Waals surface area contributed by atoms with Gasteiger partial charge in [0.2, 0.25) is 11.8 Å². The molecular formula is C20H23FN2O4. The van der Waals surface area contributed by atoms with Crippen molar-refractivity contribution in [2.75, 3.05) is 32.2 Å². The van der Waals surface area contributed by atoms with E-state index in [2.05, 4.69) is 5.32 Å². The molecule has 2 rings (SSSR count). The number of benzene rings is 2. The number of nitrogens with zero attached hydrogens (tertiary/aromatic N) is 1. The molecule has 0 bridgehead atoms. The lowest BCUT2D eigenvalue weighted by molar-refractivity contribution is -0.121. The summed E-state index contributed by atoms with van der Waals surface area (Å²) in [5.74, 6) is 0.387. The standard InChI is InChI=1S/C20H23FN2O4/c1-14(24)23(17-8-9-18(26-2)19(13-17)27-3)11-10-22-20(25)12-15-4-6-16(21)7-5-15/h4-9,13H,10-12H2,1-3H3,(H,22,25). The Hall–Kier alpha value is -3.09. The molecule has 0 aliphatic rings. The molecule has 2 aromatic rings. The van der Waals surface area contributed by atoms with Crippen LogP contribution in [0.2, 0.25) is 0 Å². The summed E-state index contributed by atoms with van der Waals surface area (Å²) >= 11 is 0. The monoisotopic (exact) mass is 374 g/mol. The molecule has 2 aromatic carbocycles. The first-order valence-corrected chi connectivity index (χ1v) is 8.46. The number of rotatable bonds is 8. The molecule has 0 heterocycles. The highest BCUT2D eigenvalue weighted by Crippen LogP contribution is 2.31. The predicted octanol–water partition coefficient (Wildman–Crippen LogP) is 2.55. The summed E-state index contributed by atoms with van der Waals surface area (Å²) in [6.07, 6.45) is 0.150. The van der Waals surface area contributed by atoms with Crippen molar-refractivity contribution in [3.05, 3.63) is 53.8 Å². The molecule has 0 fully saturated rings. The Morgan fingerprint density at radius 2 is 1.70 bits per heavy atom. The van der Waals surface area contributed by atoms with E-state index in [1.807, 2.05) is 0 Å². The molecule has 0 unspecified atom stereocenters. The molecule has 2 amide bonds. The largest absolute Gasteiger partial charge is 0.493 e. The molecule has 6 nitrogen and oxygen atoms in total. The molecule has 144 valence electrons. The second-order valence-corrected chi connectivity index (χ2v) is 5.86. The maximum Gasteiger partial charge on any atom is 0.224 e. The van der Waals surface area contributed by atoms with Gasteiger partial charge in [-0.3, -0.25) is 9.59 Å². The second kappa shape index (κ2) is 9.56. The number of methoxy groups -OCH3 is 2. The SMILES string of the molecule is COc1ccc(N(CCNC(=O)Cc2ccc(F)cc2)C(C)=O)cc1OC. The van der Waals surface area contributed by atoms with Gasteiger partial charge in [0.1, 0.15) is 5.82 Å². The summed E-state index contributed by atoms with van der Waals surface area (Å²) in [5.41, 5.74) is 1.37. The third kappa shape index (κ3) is 5.70. The Labute approximate surface area is 157 Å². The summed E-state index contributed by atoms with van der Waals surface area (Å²) in [4.78, 5) is 25.6. The Bertz CT molecular complexity index is 793. The van der Waals surface area contributed by atoms with Crippen LogP contribution >= 0.6 is 0 Å². The van der Waals surface area contributed by atoms with Crippen molar-refractivity contribution in [3.63, 3.8) is 0 Å². The zero-order chi connectivity index (χ0) is 19.8. The fourth-order valence-electron chi connectivity index (χ4n) is 2.62. The van der Waals surface area contributed by atoms with Gasteiger partial charge in [0, 0.05) is 31.8 Å². The molecule has 0 aliphatic heterocycles. The van der Waals surface area contributed by atoms with E-state index in [0.29, 0.717) is 23.7 Å². The zero-order valence-corrected chi connectivity index (χ0v) is 15.6. The van der Waals surface area contributed by atoms with Crippen LogP contribution in [0.3, 0.4) is 0 Å². The van der Waals surface area contributed by atoms with E-state index < -0.39 is 0 Å². The maximum absolute atomic E-state index is 12.9. The maximum atomic E-state index is 12.9. The molecule has 0 saturated heterocycles. The van der Waals surface area contributed by atoms with E-state index in [1.165, 1.54) is 33.3 Å². The van der Waals surface area contributed by atoms with Gasteiger partial charge in [0.25, 0.3) is 0 Å². The number of anilines is 1. The highest BCUT2D eigenvalue weighted by molar-refractivity contribution is 5.92. The lowest BCUT2D eigenvalue weighted by atomic mass is 10.1. The first kappa shape index (κ1) is 20.2. The Balaban J connectivity index is 1.95. The van der Waals surface area contributed by atoms with Crippen molar-refractivity contribution < 1.29 is 23.5 Å². The summed E-state index contributed by atoms with van der Waals surface area (Å²) in [6, 6.07) is 11.0.